The number of nitrogens with one attached hydrogen (secondary N) is 1. The molecule has 7 heteroatoms. The highest BCUT2D eigenvalue weighted by Gasteiger charge is 2.14. The standard InChI is InChI=1S/C8H7N3O4/c12-8(5-9-13)10-6-3-1-2-4-7(6)11(14)15/h1-4H,5H2,(H,10,12). The summed E-state index contributed by atoms with van der Waals surface area (Å²) < 4.78 is 0. The monoisotopic (exact) mass is 209 g/mol. The summed E-state index contributed by atoms with van der Waals surface area (Å²) in [6.45, 7) is -0.563. The molecule has 0 unspecified atom stereocenters. The second-order valence-electron chi connectivity index (χ2n) is 2.61. The van der Waals surface area contributed by atoms with Crippen molar-refractivity contribution in [1.82, 2.24) is 0 Å². The molecule has 0 saturated carbocycles. The van der Waals surface area contributed by atoms with Gasteiger partial charge in [-0.3, -0.25) is 14.9 Å². The smallest absolute Gasteiger partial charge is 0.292 e. The molecule has 15 heavy (non-hydrogen) atoms. The lowest BCUT2D eigenvalue weighted by Crippen LogP contribution is -2.15. The van der Waals surface area contributed by atoms with Crippen molar-refractivity contribution in [1.29, 1.82) is 0 Å². The topological polar surface area (TPSA) is 102 Å². The maximum Gasteiger partial charge on any atom is 0.292 e. The Balaban J connectivity index is 2.89. The van der Waals surface area contributed by atoms with Gasteiger partial charge in [0.25, 0.3) is 5.69 Å². The number of carbonyl (C=O) groups excluding carboxylic acids is 1. The first-order chi connectivity index (χ1) is 7.15. The molecule has 0 aromatic heterocycles. The lowest BCUT2D eigenvalue weighted by molar-refractivity contribution is -0.383. The molecule has 0 fully saturated rings. The van der Waals surface area contributed by atoms with E-state index >= 15 is 0 Å². The van der Waals surface area contributed by atoms with Crippen LogP contribution in [-0.4, -0.2) is 17.4 Å². The van der Waals surface area contributed by atoms with E-state index in [-0.39, 0.29) is 11.4 Å². The fraction of sp³-hybridized carbons (Fsp3) is 0.125. The first-order valence-electron chi connectivity index (χ1n) is 3.97. The Morgan fingerprint density at radius 2 is 2.13 bits per heavy atom. The van der Waals surface area contributed by atoms with Gasteiger partial charge in [0.2, 0.25) is 5.91 Å². The number of para-hydroxylation sites is 2. The molecule has 1 amide bonds. The molecule has 1 rings (SSSR count). The number of rotatable bonds is 4. The second kappa shape index (κ2) is 4.80. The highest BCUT2D eigenvalue weighted by atomic mass is 16.6. The van der Waals surface area contributed by atoms with Crippen molar-refractivity contribution in [3.05, 3.63) is 39.3 Å². The zero-order chi connectivity index (χ0) is 11.3. The Hall–Kier alpha value is -2.31. The van der Waals surface area contributed by atoms with Crippen LogP contribution in [0.15, 0.2) is 29.4 Å². The average molecular weight is 209 g/mol. The fourth-order valence-electron chi connectivity index (χ4n) is 0.987. The zero-order valence-corrected chi connectivity index (χ0v) is 7.54. The van der Waals surface area contributed by atoms with Crippen molar-refractivity contribution in [2.24, 2.45) is 5.18 Å². The van der Waals surface area contributed by atoms with E-state index in [2.05, 4.69) is 10.5 Å². The number of nitroso groups, excluding NO2 is 1. The molecule has 0 radical (unpaired) electrons. The van der Waals surface area contributed by atoms with E-state index in [9.17, 15) is 19.8 Å². The maximum atomic E-state index is 11.0. The van der Waals surface area contributed by atoms with Crippen molar-refractivity contribution in [3.63, 3.8) is 0 Å². The van der Waals surface area contributed by atoms with Gasteiger partial charge in [-0.25, -0.2) is 0 Å². The van der Waals surface area contributed by atoms with Gasteiger partial charge >= 0.3 is 0 Å². The lowest BCUT2D eigenvalue weighted by Gasteiger charge is -2.02. The van der Waals surface area contributed by atoms with Crippen molar-refractivity contribution in [2.75, 3.05) is 11.9 Å². The summed E-state index contributed by atoms with van der Waals surface area (Å²) >= 11 is 0. The number of amides is 1. The Labute approximate surface area is 84.2 Å². The lowest BCUT2D eigenvalue weighted by atomic mass is 10.2. The van der Waals surface area contributed by atoms with Gasteiger partial charge in [-0.15, -0.1) is 0 Å². The van der Waals surface area contributed by atoms with E-state index < -0.39 is 17.4 Å². The summed E-state index contributed by atoms with van der Waals surface area (Å²) in [5, 5.41) is 15.1. The molecule has 7 nitrogen and oxygen atoms in total. The number of benzene rings is 1. The SMILES string of the molecule is O=NCC(=O)Nc1ccccc1[N+](=O)[O-]. The van der Waals surface area contributed by atoms with Gasteiger partial charge in [-0.1, -0.05) is 17.3 Å². The van der Waals surface area contributed by atoms with Gasteiger partial charge in [-0.2, -0.15) is 4.91 Å². The molecule has 0 aliphatic rings. The Morgan fingerprint density at radius 3 is 2.73 bits per heavy atom. The zero-order valence-electron chi connectivity index (χ0n) is 7.54. The maximum absolute atomic E-state index is 11.0. The Kier molecular flexibility index (Phi) is 3.44. The minimum absolute atomic E-state index is 0.0520. The third-order valence-electron chi connectivity index (χ3n) is 1.58. The van der Waals surface area contributed by atoms with Crippen LogP contribution in [0.3, 0.4) is 0 Å². The number of nitro groups is 1. The molecule has 0 aliphatic carbocycles. The van der Waals surface area contributed by atoms with Crippen molar-refractivity contribution in [3.8, 4) is 0 Å². The van der Waals surface area contributed by atoms with Gasteiger partial charge in [0.05, 0.1) is 4.92 Å². The van der Waals surface area contributed by atoms with Crippen LogP contribution in [0.4, 0.5) is 11.4 Å². The first-order valence-corrected chi connectivity index (χ1v) is 3.97. The van der Waals surface area contributed by atoms with Gasteiger partial charge < -0.3 is 5.32 Å². The van der Waals surface area contributed by atoms with Crippen molar-refractivity contribution >= 4 is 17.3 Å². The van der Waals surface area contributed by atoms with Gasteiger partial charge in [0.1, 0.15) is 5.69 Å². The van der Waals surface area contributed by atoms with Gasteiger partial charge in [-0.05, 0) is 6.07 Å². The minimum Gasteiger partial charge on any atom is -0.319 e. The Bertz CT molecular complexity index is 405. The van der Waals surface area contributed by atoms with Crippen LogP contribution in [0.5, 0.6) is 0 Å². The quantitative estimate of drug-likeness (QED) is 0.458. The molecule has 1 aromatic carbocycles. The summed E-state index contributed by atoms with van der Waals surface area (Å²) in [6, 6.07) is 5.65. The molecular weight excluding hydrogens is 202 g/mol. The highest BCUT2D eigenvalue weighted by Crippen LogP contribution is 2.22. The molecule has 0 aliphatic heterocycles. The summed E-state index contributed by atoms with van der Waals surface area (Å²) in [5.74, 6) is -0.681. The van der Waals surface area contributed by atoms with E-state index in [1.807, 2.05) is 0 Å². The van der Waals surface area contributed by atoms with Crippen molar-refractivity contribution in [2.45, 2.75) is 0 Å². The fourth-order valence-corrected chi connectivity index (χ4v) is 0.987. The van der Waals surface area contributed by atoms with Crippen LogP contribution < -0.4 is 5.32 Å². The molecule has 0 spiro atoms. The van der Waals surface area contributed by atoms with Gasteiger partial charge in [0.15, 0.2) is 6.54 Å². The van der Waals surface area contributed by atoms with Gasteiger partial charge in [0, 0.05) is 6.07 Å². The van der Waals surface area contributed by atoms with E-state index in [0.717, 1.165) is 0 Å². The predicted molar refractivity (Wildman–Crippen MR) is 52.4 cm³/mol. The normalized spacial score (nSPS) is 9.33. The van der Waals surface area contributed by atoms with Crippen LogP contribution >= 0.6 is 0 Å². The first kappa shape index (κ1) is 10.8. The Morgan fingerprint density at radius 1 is 1.47 bits per heavy atom. The van der Waals surface area contributed by atoms with Crippen LogP contribution in [0.1, 0.15) is 0 Å². The number of hydrogen-bond acceptors (Lipinski definition) is 5. The van der Waals surface area contributed by atoms with E-state index in [1.54, 1.807) is 0 Å². The second-order valence-corrected chi connectivity index (χ2v) is 2.61. The summed E-state index contributed by atoms with van der Waals surface area (Å²) in [5.41, 5.74) is -0.173. The number of anilines is 1. The average Bonchev–Trinajstić information content (AvgIpc) is 2.18. The predicted octanol–water partition coefficient (Wildman–Crippen LogP) is 1.30. The number of nitrogens with zero attached hydrogens (tertiary/aromatic N) is 2. The van der Waals surface area contributed by atoms with E-state index in [0.29, 0.717) is 0 Å². The molecular formula is C8H7N3O4. The summed E-state index contributed by atoms with van der Waals surface area (Å²) in [4.78, 5) is 30.6. The molecule has 0 bridgehead atoms. The minimum atomic E-state index is -0.681. The number of nitro benzene ring substituents is 1. The van der Waals surface area contributed by atoms with Crippen LogP contribution in [0.2, 0.25) is 0 Å². The number of hydrogen-bond donors (Lipinski definition) is 1. The number of carbonyl (C=O) groups is 1. The third-order valence-corrected chi connectivity index (χ3v) is 1.58. The molecule has 1 N–H and O–H groups in total. The molecule has 78 valence electrons. The summed E-state index contributed by atoms with van der Waals surface area (Å²) in [6.07, 6.45) is 0. The molecule has 1 aromatic rings. The molecule has 0 atom stereocenters. The highest BCUT2D eigenvalue weighted by molar-refractivity contribution is 5.94. The van der Waals surface area contributed by atoms with Crippen LogP contribution in [-0.2, 0) is 4.79 Å². The molecule has 0 heterocycles. The van der Waals surface area contributed by atoms with E-state index in [4.69, 9.17) is 0 Å². The van der Waals surface area contributed by atoms with Crippen molar-refractivity contribution < 1.29 is 9.72 Å². The molecule has 0 saturated heterocycles. The van der Waals surface area contributed by atoms with Crippen LogP contribution in [0.25, 0.3) is 0 Å². The van der Waals surface area contributed by atoms with E-state index in [1.165, 1.54) is 24.3 Å². The third kappa shape index (κ3) is 2.83. The largest absolute Gasteiger partial charge is 0.319 e. The van der Waals surface area contributed by atoms with Crippen LogP contribution in [0, 0.1) is 15.0 Å². The summed E-state index contributed by atoms with van der Waals surface area (Å²) in [7, 11) is 0.